The average molecular weight is 192 g/mol. The summed E-state index contributed by atoms with van der Waals surface area (Å²) in [6.45, 7) is 6.82. The van der Waals surface area contributed by atoms with E-state index in [0.29, 0.717) is 10.5 Å². The summed E-state index contributed by atoms with van der Waals surface area (Å²) in [7, 11) is 0.400. The summed E-state index contributed by atoms with van der Waals surface area (Å²) in [5, 5.41) is 0.774. The Bertz CT molecular complexity index is 349. The molecule has 0 N–H and O–H groups in total. The Labute approximate surface area is 83.0 Å². The van der Waals surface area contributed by atoms with Crippen LogP contribution in [0, 0.1) is 0 Å². The van der Waals surface area contributed by atoms with E-state index in [2.05, 4.69) is 45.1 Å². The molecule has 1 heteroatoms. The Morgan fingerprint density at radius 3 is 2.85 bits per heavy atom. The van der Waals surface area contributed by atoms with Crippen LogP contribution in [0.4, 0.5) is 0 Å². The van der Waals surface area contributed by atoms with Crippen LogP contribution < -0.4 is 0 Å². The van der Waals surface area contributed by atoms with Gasteiger partial charge in [-0.05, 0) is 36.8 Å². The van der Waals surface area contributed by atoms with Crippen LogP contribution in [0.25, 0.3) is 0 Å². The zero-order chi connectivity index (χ0) is 9.42. The van der Waals surface area contributed by atoms with Crippen molar-refractivity contribution in [2.45, 2.75) is 32.4 Å². The van der Waals surface area contributed by atoms with Crippen molar-refractivity contribution in [2.75, 3.05) is 0 Å². The molecule has 0 nitrogen and oxygen atoms in total. The fourth-order valence-electron chi connectivity index (χ4n) is 1.99. The van der Waals surface area contributed by atoms with Gasteiger partial charge in [-0.3, -0.25) is 0 Å². The Kier molecular flexibility index (Phi) is 2.29. The Morgan fingerprint density at radius 1 is 1.46 bits per heavy atom. The first-order chi connectivity index (χ1) is 6.24. The first-order valence-electron chi connectivity index (χ1n) is 4.88. The molecule has 2 unspecified atom stereocenters. The predicted octanol–water partition coefficient (Wildman–Crippen LogP) is 3.64. The highest BCUT2D eigenvalue weighted by Gasteiger charge is 2.24. The molecule has 1 aliphatic heterocycles. The second-order valence-corrected chi connectivity index (χ2v) is 6.24. The molecule has 0 amide bonds. The first kappa shape index (κ1) is 9.01. The van der Waals surface area contributed by atoms with E-state index in [9.17, 15) is 0 Å². The van der Waals surface area contributed by atoms with Gasteiger partial charge in [0.1, 0.15) is 0 Å². The summed E-state index contributed by atoms with van der Waals surface area (Å²) in [4.78, 5) is 3.15. The lowest BCUT2D eigenvalue weighted by Crippen LogP contribution is -1.98. The highest BCUT2D eigenvalue weighted by molar-refractivity contribution is 8.20. The van der Waals surface area contributed by atoms with Gasteiger partial charge in [-0.2, -0.15) is 0 Å². The van der Waals surface area contributed by atoms with E-state index < -0.39 is 0 Å². The van der Waals surface area contributed by atoms with Crippen molar-refractivity contribution in [1.29, 1.82) is 0 Å². The predicted molar refractivity (Wildman–Crippen MR) is 63.3 cm³/mol. The number of hydrogen-bond acceptors (Lipinski definition) is 0. The fourth-order valence-corrected chi connectivity index (χ4v) is 4.60. The zero-order valence-corrected chi connectivity index (χ0v) is 9.32. The maximum absolute atomic E-state index is 2.45. The minimum absolute atomic E-state index is 0.400. The lowest BCUT2D eigenvalue weighted by Gasteiger charge is -2.13. The smallest absolute Gasteiger partial charge is 0.0227 e. The van der Waals surface area contributed by atoms with Crippen molar-refractivity contribution in [3.05, 3.63) is 34.8 Å². The van der Waals surface area contributed by atoms with Crippen LogP contribution in [0.1, 0.15) is 27.2 Å². The molecule has 13 heavy (non-hydrogen) atoms. The van der Waals surface area contributed by atoms with Gasteiger partial charge >= 0.3 is 0 Å². The van der Waals surface area contributed by atoms with Gasteiger partial charge in [0.15, 0.2) is 0 Å². The van der Waals surface area contributed by atoms with E-state index in [0.717, 1.165) is 5.25 Å². The van der Waals surface area contributed by atoms with Crippen LogP contribution in [0.5, 0.6) is 0 Å². The molecular formula is C12H16S. The highest BCUT2D eigenvalue weighted by Crippen LogP contribution is 2.47. The third kappa shape index (κ3) is 1.35. The molecule has 0 saturated carbocycles. The van der Waals surface area contributed by atoms with Crippen LogP contribution in [0.3, 0.4) is 0 Å². The summed E-state index contributed by atoms with van der Waals surface area (Å²) in [5.74, 6) is 0. The quantitative estimate of drug-likeness (QED) is 0.556. The van der Waals surface area contributed by atoms with Gasteiger partial charge in [-0.25, -0.2) is 0 Å². The second kappa shape index (κ2) is 3.30. The zero-order valence-electron chi connectivity index (χ0n) is 8.50. The van der Waals surface area contributed by atoms with Gasteiger partial charge in [0.25, 0.3) is 0 Å². The van der Waals surface area contributed by atoms with Gasteiger partial charge < -0.3 is 0 Å². The number of allylic oxidation sites excluding steroid dienone is 4. The second-order valence-electron chi connectivity index (χ2n) is 3.70. The molecule has 1 aliphatic carbocycles. The van der Waals surface area contributed by atoms with Crippen molar-refractivity contribution < 1.29 is 0 Å². The maximum Gasteiger partial charge on any atom is 0.0227 e. The molecule has 0 bridgehead atoms. The van der Waals surface area contributed by atoms with E-state index in [1.807, 2.05) is 0 Å². The molecule has 0 spiro atoms. The first-order valence-corrected chi connectivity index (χ1v) is 6.16. The highest BCUT2D eigenvalue weighted by atomic mass is 32.2. The maximum atomic E-state index is 2.45. The summed E-state index contributed by atoms with van der Waals surface area (Å²) in [6, 6.07) is 0. The van der Waals surface area contributed by atoms with Crippen molar-refractivity contribution >= 4 is 15.3 Å². The third-order valence-electron chi connectivity index (χ3n) is 2.56. The fraction of sp³-hybridized carbons (Fsp3) is 0.417. The van der Waals surface area contributed by atoms with Crippen molar-refractivity contribution in [3.8, 4) is 0 Å². The van der Waals surface area contributed by atoms with Crippen LogP contribution in [0.2, 0.25) is 0 Å². The third-order valence-corrected chi connectivity index (χ3v) is 5.36. The minimum Gasteiger partial charge on any atom is -0.148 e. The standard InChI is InChI=1S/C12H16S/c1-4-11-8-10-6-5-7-12(10)13(11)9(2)3/h5-8,11H,4H2,1-3H3. The molecule has 2 atom stereocenters. The molecule has 0 radical (unpaired) electrons. The number of hydrogen-bond donors (Lipinski definition) is 0. The molecule has 70 valence electrons. The molecule has 0 saturated heterocycles. The summed E-state index contributed by atoms with van der Waals surface area (Å²) >= 11 is 0. The van der Waals surface area contributed by atoms with Gasteiger partial charge in [0.05, 0.1) is 0 Å². The van der Waals surface area contributed by atoms with Crippen LogP contribution in [-0.4, -0.2) is 10.1 Å². The van der Waals surface area contributed by atoms with E-state index in [1.165, 1.54) is 12.0 Å². The lowest BCUT2D eigenvalue weighted by molar-refractivity contribution is 0.982. The van der Waals surface area contributed by atoms with Gasteiger partial charge in [0, 0.05) is 10.2 Å². The monoisotopic (exact) mass is 192 g/mol. The number of rotatable bonds is 1. The summed E-state index contributed by atoms with van der Waals surface area (Å²) in [6.07, 6.45) is 10.4. The summed E-state index contributed by atoms with van der Waals surface area (Å²) in [5.41, 5.74) is 1.48. The normalized spacial score (nSPS) is 30.1. The Hall–Kier alpha value is -0.560. The molecule has 0 aromatic rings. The molecule has 0 aromatic carbocycles. The molecular weight excluding hydrogens is 176 g/mol. The SMILES string of the molecule is CCC1C=C2C=CC=C2S1=C(C)C. The lowest BCUT2D eigenvalue weighted by atomic mass is 10.2. The Morgan fingerprint density at radius 2 is 2.23 bits per heavy atom. The van der Waals surface area contributed by atoms with Crippen LogP contribution >= 0.6 is 10.5 Å². The molecule has 2 aliphatic rings. The van der Waals surface area contributed by atoms with E-state index >= 15 is 0 Å². The molecule has 0 fully saturated rings. The largest absolute Gasteiger partial charge is 0.148 e. The minimum atomic E-state index is 0.400. The van der Waals surface area contributed by atoms with Gasteiger partial charge in [0.2, 0.25) is 0 Å². The van der Waals surface area contributed by atoms with Crippen molar-refractivity contribution in [2.24, 2.45) is 0 Å². The van der Waals surface area contributed by atoms with Crippen molar-refractivity contribution in [1.82, 2.24) is 0 Å². The van der Waals surface area contributed by atoms with Gasteiger partial charge in [-0.1, -0.05) is 25.2 Å². The van der Waals surface area contributed by atoms with E-state index in [4.69, 9.17) is 0 Å². The number of fused-ring (bicyclic) bond motifs is 1. The van der Waals surface area contributed by atoms with E-state index in [-0.39, 0.29) is 0 Å². The molecule has 1 heterocycles. The molecule has 0 aromatic heterocycles. The summed E-state index contributed by atoms with van der Waals surface area (Å²) < 4.78 is 0. The molecule has 2 rings (SSSR count). The van der Waals surface area contributed by atoms with Gasteiger partial charge in [-0.15, -0.1) is 10.5 Å². The Balaban J connectivity index is 2.47. The topological polar surface area (TPSA) is 0 Å². The van der Waals surface area contributed by atoms with Crippen LogP contribution in [-0.2, 0) is 0 Å². The van der Waals surface area contributed by atoms with Crippen molar-refractivity contribution in [3.63, 3.8) is 0 Å². The van der Waals surface area contributed by atoms with Crippen LogP contribution in [0.15, 0.2) is 34.8 Å². The van der Waals surface area contributed by atoms with E-state index in [1.54, 1.807) is 9.77 Å². The average Bonchev–Trinajstić information content (AvgIpc) is 2.59.